The lowest BCUT2D eigenvalue weighted by Gasteiger charge is -2.20. The summed E-state index contributed by atoms with van der Waals surface area (Å²) in [5.41, 5.74) is -4.54. The Morgan fingerprint density at radius 2 is 1.25 bits per heavy atom. The molecule has 0 aromatic heterocycles. The van der Waals surface area contributed by atoms with Gasteiger partial charge < -0.3 is 9.47 Å². The van der Waals surface area contributed by atoms with Gasteiger partial charge in [0.05, 0.1) is 5.69 Å². The molecule has 0 saturated heterocycles. The van der Waals surface area contributed by atoms with Gasteiger partial charge in [0.1, 0.15) is 11.5 Å². The van der Waals surface area contributed by atoms with Crippen LogP contribution in [0.4, 0.5) is 32.0 Å². The van der Waals surface area contributed by atoms with Crippen LogP contribution in [0.1, 0.15) is 26.3 Å². The first kappa shape index (κ1) is 27.2. The Morgan fingerprint density at radius 3 is 1.75 bits per heavy atom. The van der Waals surface area contributed by atoms with Crippen LogP contribution in [0.3, 0.4) is 0 Å². The largest absolute Gasteiger partial charge is 0.573 e. The molecule has 1 N–H and O–H groups in total. The highest BCUT2D eigenvalue weighted by atomic mass is 32.2. The summed E-state index contributed by atoms with van der Waals surface area (Å²) in [4.78, 5) is 0. The Bertz CT molecular complexity index is 1310. The summed E-state index contributed by atoms with van der Waals surface area (Å²) in [5.74, 6) is -0.489. The standard InChI is InChI=1S/C24H21F6NO4S/c1-22(2,3)17-7-11-18(12-8-17)34-21-14-16(6-13-20(21)31-36(32,33)24(28,29)30)15-4-9-19(10-5-15)35-23(25,26)27/h4-14,31H,1-3H3. The quantitative estimate of drug-likeness (QED) is 0.332. The van der Waals surface area contributed by atoms with Gasteiger partial charge in [-0.1, -0.05) is 51.1 Å². The number of rotatable bonds is 6. The van der Waals surface area contributed by atoms with Crippen LogP contribution < -0.4 is 14.2 Å². The van der Waals surface area contributed by atoms with E-state index in [1.807, 2.05) is 20.8 Å². The Labute approximate surface area is 203 Å². The van der Waals surface area contributed by atoms with Crippen LogP contribution in [0.15, 0.2) is 66.7 Å². The average molecular weight is 533 g/mol. The van der Waals surface area contributed by atoms with Crippen molar-refractivity contribution in [3.8, 4) is 28.4 Å². The van der Waals surface area contributed by atoms with Gasteiger partial charge >= 0.3 is 21.9 Å². The van der Waals surface area contributed by atoms with Crippen LogP contribution in [-0.2, 0) is 15.4 Å². The molecule has 0 unspecified atom stereocenters. The molecule has 0 saturated carbocycles. The third-order valence-electron chi connectivity index (χ3n) is 4.90. The van der Waals surface area contributed by atoms with E-state index < -0.39 is 33.3 Å². The molecule has 0 aliphatic rings. The number of anilines is 1. The van der Waals surface area contributed by atoms with Crippen molar-refractivity contribution in [1.82, 2.24) is 0 Å². The Kier molecular flexibility index (Phi) is 7.22. The minimum Gasteiger partial charge on any atom is -0.455 e. The number of nitrogens with one attached hydrogen (secondary N) is 1. The van der Waals surface area contributed by atoms with E-state index in [4.69, 9.17) is 4.74 Å². The Morgan fingerprint density at radius 1 is 0.722 bits per heavy atom. The van der Waals surface area contributed by atoms with Gasteiger partial charge in [0.15, 0.2) is 5.75 Å². The zero-order valence-electron chi connectivity index (χ0n) is 19.2. The van der Waals surface area contributed by atoms with Crippen molar-refractivity contribution in [2.24, 2.45) is 0 Å². The zero-order chi connectivity index (χ0) is 26.9. The maximum atomic E-state index is 13.0. The van der Waals surface area contributed by atoms with E-state index in [1.165, 1.54) is 29.0 Å². The number of sulfonamides is 1. The molecule has 3 aromatic carbocycles. The molecule has 0 spiro atoms. The van der Waals surface area contributed by atoms with Crippen LogP contribution in [-0.4, -0.2) is 20.3 Å². The minimum atomic E-state index is -5.75. The van der Waals surface area contributed by atoms with E-state index in [1.54, 1.807) is 24.3 Å². The molecule has 12 heteroatoms. The highest BCUT2D eigenvalue weighted by Gasteiger charge is 2.46. The van der Waals surface area contributed by atoms with Crippen molar-refractivity contribution < 1.29 is 44.2 Å². The number of benzene rings is 3. The number of halogens is 6. The predicted molar refractivity (Wildman–Crippen MR) is 122 cm³/mol. The van der Waals surface area contributed by atoms with Gasteiger partial charge in [0, 0.05) is 0 Å². The molecule has 0 bridgehead atoms. The lowest BCUT2D eigenvalue weighted by atomic mass is 9.87. The second-order valence-electron chi connectivity index (χ2n) is 8.71. The average Bonchev–Trinajstić information content (AvgIpc) is 2.73. The summed E-state index contributed by atoms with van der Waals surface area (Å²) in [6.07, 6.45) is -4.87. The number of ether oxygens (including phenoxy) is 2. The van der Waals surface area contributed by atoms with Crippen molar-refractivity contribution in [3.05, 3.63) is 72.3 Å². The van der Waals surface area contributed by atoms with Crippen LogP contribution >= 0.6 is 0 Å². The van der Waals surface area contributed by atoms with Crippen molar-refractivity contribution in [2.75, 3.05) is 4.72 Å². The van der Waals surface area contributed by atoms with Crippen LogP contribution in [0.2, 0.25) is 0 Å². The molecule has 5 nitrogen and oxygen atoms in total. The van der Waals surface area contributed by atoms with Gasteiger partial charge in [-0.2, -0.15) is 21.6 Å². The third-order valence-corrected chi connectivity index (χ3v) is 6.00. The molecule has 0 aliphatic heterocycles. The molecule has 0 aliphatic carbocycles. The summed E-state index contributed by atoms with van der Waals surface area (Å²) < 4.78 is 110. The minimum absolute atomic E-state index is 0.173. The van der Waals surface area contributed by atoms with E-state index in [0.29, 0.717) is 11.1 Å². The topological polar surface area (TPSA) is 64.6 Å². The number of hydrogen-bond donors (Lipinski definition) is 1. The third kappa shape index (κ3) is 6.84. The molecule has 36 heavy (non-hydrogen) atoms. The lowest BCUT2D eigenvalue weighted by molar-refractivity contribution is -0.274. The van der Waals surface area contributed by atoms with Crippen LogP contribution in [0.25, 0.3) is 11.1 Å². The molecule has 0 atom stereocenters. The van der Waals surface area contributed by atoms with E-state index in [0.717, 1.165) is 23.8 Å². The van der Waals surface area contributed by atoms with Gasteiger partial charge in [-0.25, -0.2) is 0 Å². The molecular weight excluding hydrogens is 512 g/mol. The van der Waals surface area contributed by atoms with Gasteiger partial charge in [0.2, 0.25) is 0 Å². The van der Waals surface area contributed by atoms with Crippen molar-refractivity contribution in [1.29, 1.82) is 0 Å². The maximum absolute atomic E-state index is 13.0. The first-order valence-electron chi connectivity index (χ1n) is 10.3. The van der Waals surface area contributed by atoms with Crippen molar-refractivity contribution in [2.45, 2.75) is 38.1 Å². The number of alkyl halides is 6. The fourth-order valence-electron chi connectivity index (χ4n) is 3.07. The first-order chi connectivity index (χ1) is 16.4. The maximum Gasteiger partial charge on any atom is 0.573 e. The molecule has 0 amide bonds. The number of hydrogen-bond acceptors (Lipinski definition) is 4. The van der Waals surface area contributed by atoms with Gasteiger partial charge in [-0.15, -0.1) is 13.2 Å². The van der Waals surface area contributed by atoms with Crippen molar-refractivity contribution in [3.63, 3.8) is 0 Å². The highest BCUT2D eigenvalue weighted by Crippen LogP contribution is 2.38. The molecule has 0 radical (unpaired) electrons. The van der Waals surface area contributed by atoms with Crippen LogP contribution in [0.5, 0.6) is 17.2 Å². The van der Waals surface area contributed by atoms with Crippen molar-refractivity contribution >= 4 is 15.7 Å². The summed E-state index contributed by atoms with van der Waals surface area (Å²) in [7, 11) is -5.75. The highest BCUT2D eigenvalue weighted by molar-refractivity contribution is 7.93. The monoisotopic (exact) mass is 533 g/mol. The van der Waals surface area contributed by atoms with Crippen LogP contribution in [0, 0.1) is 0 Å². The normalized spacial score (nSPS) is 12.8. The SMILES string of the molecule is CC(C)(C)c1ccc(Oc2cc(-c3ccc(OC(F)(F)F)cc3)ccc2NS(=O)(=O)C(F)(F)F)cc1. The molecule has 3 aromatic rings. The van der Waals surface area contributed by atoms with E-state index in [2.05, 4.69) is 4.74 Å². The van der Waals surface area contributed by atoms with Gasteiger partial charge in [0.25, 0.3) is 0 Å². The predicted octanol–water partition coefficient (Wildman–Crippen LogP) is 7.60. The van der Waals surface area contributed by atoms with Gasteiger partial charge in [-0.3, -0.25) is 4.72 Å². The molecular formula is C24H21F6NO4S. The van der Waals surface area contributed by atoms with Gasteiger partial charge in [-0.05, 0) is 58.5 Å². The summed E-state index contributed by atoms with van der Waals surface area (Å²) in [6.45, 7) is 5.96. The Balaban J connectivity index is 1.99. The molecule has 194 valence electrons. The smallest absolute Gasteiger partial charge is 0.455 e. The fraction of sp³-hybridized carbons (Fsp3) is 0.250. The second-order valence-corrected chi connectivity index (χ2v) is 10.4. The van der Waals surface area contributed by atoms with E-state index in [-0.39, 0.29) is 16.9 Å². The van der Waals surface area contributed by atoms with E-state index >= 15 is 0 Å². The summed E-state index contributed by atoms with van der Waals surface area (Å²) >= 11 is 0. The Hall–Kier alpha value is -3.41. The summed E-state index contributed by atoms with van der Waals surface area (Å²) in [5, 5.41) is 0. The fourth-order valence-corrected chi connectivity index (χ4v) is 3.65. The molecule has 3 rings (SSSR count). The first-order valence-corrected chi connectivity index (χ1v) is 11.8. The van der Waals surface area contributed by atoms with E-state index in [9.17, 15) is 34.8 Å². The lowest BCUT2D eigenvalue weighted by Crippen LogP contribution is -2.30. The second kappa shape index (κ2) is 9.57. The molecule has 0 fully saturated rings. The zero-order valence-corrected chi connectivity index (χ0v) is 20.0. The summed E-state index contributed by atoms with van der Waals surface area (Å²) in [6, 6.07) is 15.1. The molecule has 0 heterocycles.